The van der Waals surface area contributed by atoms with Crippen LogP contribution in [0.2, 0.25) is 0 Å². The van der Waals surface area contributed by atoms with E-state index in [1.54, 1.807) is 0 Å². The maximum absolute atomic E-state index is 5.90. The maximum atomic E-state index is 5.90. The first-order valence-electron chi connectivity index (χ1n) is 6.17. The van der Waals surface area contributed by atoms with Crippen LogP contribution < -0.4 is 10.1 Å². The Bertz CT molecular complexity index is 534. The van der Waals surface area contributed by atoms with Gasteiger partial charge in [-0.05, 0) is 55.8 Å². The third-order valence-corrected chi connectivity index (χ3v) is 2.84. The van der Waals surface area contributed by atoms with E-state index < -0.39 is 0 Å². The molecule has 0 amide bonds. The van der Waals surface area contributed by atoms with Gasteiger partial charge in [0.25, 0.3) is 0 Å². The molecule has 0 spiro atoms. The van der Waals surface area contributed by atoms with Crippen molar-refractivity contribution >= 4 is 0 Å². The van der Waals surface area contributed by atoms with Crippen LogP contribution in [0, 0.1) is 13.8 Å². The molecule has 0 aromatic heterocycles. The molecule has 2 rings (SSSR count). The minimum atomic E-state index is 0.881. The Morgan fingerprint density at radius 1 is 1.06 bits per heavy atom. The van der Waals surface area contributed by atoms with E-state index in [1.165, 1.54) is 11.1 Å². The largest absolute Gasteiger partial charge is 0.457 e. The summed E-state index contributed by atoms with van der Waals surface area (Å²) < 4.78 is 5.90. The molecule has 0 heterocycles. The SMILES string of the molecule is CNCc1ccc(Oc2cccc(C)c2)c(C)c1. The lowest BCUT2D eigenvalue weighted by molar-refractivity contribution is 0.478. The van der Waals surface area contributed by atoms with Crippen molar-refractivity contribution in [2.45, 2.75) is 20.4 Å². The van der Waals surface area contributed by atoms with E-state index in [2.05, 4.69) is 37.4 Å². The van der Waals surface area contributed by atoms with Gasteiger partial charge in [0.15, 0.2) is 0 Å². The Morgan fingerprint density at radius 2 is 1.89 bits per heavy atom. The Balaban J connectivity index is 2.19. The van der Waals surface area contributed by atoms with Crippen LogP contribution in [0.1, 0.15) is 16.7 Å². The van der Waals surface area contributed by atoms with Crippen molar-refractivity contribution in [3.8, 4) is 11.5 Å². The summed E-state index contributed by atoms with van der Waals surface area (Å²) in [5.74, 6) is 1.81. The molecular weight excluding hydrogens is 222 g/mol. The molecule has 0 atom stereocenters. The summed E-state index contributed by atoms with van der Waals surface area (Å²) in [6, 6.07) is 14.4. The van der Waals surface area contributed by atoms with Crippen molar-refractivity contribution in [1.29, 1.82) is 0 Å². The van der Waals surface area contributed by atoms with E-state index in [1.807, 2.05) is 31.3 Å². The molecule has 2 nitrogen and oxygen atoms in total. The first-order chi connectivity index (χ1) is 8.69. The van der Waals surface area contributed by atoms with E-state index in [9.17, 15) is 0 Å². The van der Waals surface area contributed by atoms with Crippen molar-refractivity contribution in [1.82, 2.24) is 5.32 Å². The monoisotopic (exact) mass is 241 g/mol. The Kier molecular flexibility index (Phi) is 4.00. The third kappa shape index (κ3) is 3.11. The number of ether oxygens (including phenoxy) is 1. The summed E-state index contributed by atoms with van der Waals surface area (Å²) in [5, 5.41) is 3.15. The fourth-order valence-corrected chi connectivity index (χ4v) is 1.95. The predicted octanol–water partition coefficient (Wildman–Crippen LogP) is 3.82. The fourth-order valence-electron chi connectivity index (χ4n) is 1.95. The molecule has 2 aromatic carbocycles. The lowest BCUT2D eigenvalue weighted by Crippen LogP contribution is -2.05. The van der Waals surface area contributed by atoms with Crippen LogP contribution in [0.5, 0.6) is 11.5 Å². The van der Waals surface area contributed by atoms with Gasteiger partial charge >= 0.3 is 0 Å². The summed E-state index contributed by atoms with van der Waals surface area (Å²) >= 11 is 0. The van der Waals surface area contributed by atoms with Gasteiger partial charge in [0, 0.05) is 6.54 Å². The molecule has 0 saturated carbocycles. The zero-order chi connectivity index (χ0) is 13.0. The number of benzene rings is 2. The van der Waals surface area contributed by atoms with Gasteiger partial charge in [0.2, 0.25) is 0 Å². The first-order valence-corrected chi connectivity index (χ1v) is 6.17. The average Bonchev–Trinajstić information content (AvgIpc) is 2.33. The molecular formula is C16H19NO. The van der Waals surface area contributed by atoms with Crippen molar-refractivity contribution in [2.75, 3.05) is 7.05 Å². The van der Waals surface area contributed by atoms with E-state index in [0.29, 0.717) is 0 Å². The Hall–Kier alpha value is -1.80. The number of hydrogen-bond acceptors (Lipinski definition) is 2. The van der Waals surface area contributed by atoms with Gasteiger partial charge in [-0.2, -0.15) is 0 Å². The van der Waals surface area contributed by atoms with Crippen LogP contribution in [-0.4, -0.2) is 7.05 Å². The Morgan fingerprint density at radius 3 is 2.56 bits per heavy atom. The van der Waals surface area contributed by atoms with Gasteiger partial charge in [-0.1, -0.05) is 24.3 Å². The lowest BCUT2D eigenvalue weighted by atomic mass is 10.1. The predicted molar refractivity (Wildman–Crippen MR) is 75.2 cm³/mol. The highest BCUT2D eigenvalue weighted by molar-refractivity contribution is 5.40. The highest BCUT2D eigenvalue weighted by atomic mass is 16.5. The molecule has 0 saturated heterocycles. The highest BCUT2D eigenvalue weighted by Gasteiger charge is 2.02. The van der Waals surface area contributed by atoms with Crippen LogP contribution in [0.4, 0.5) is 0 Å². The molecule has 2 heteroatoms. The zero-order valence-electron chi connectivity index (χ0n) is 11.2. The van der Waals surface area contributed by atoms with Gasteiger partial charge in [0.1, 0.15) is 11.5 Å². The fraction of sp³-hybridized carbons (Fsp3) is 0.250. The summed E-state index contributed by atoms with van der Waals surface area (Å²) in [6.07, 6.45) is 0. The van der Waals surface area contributed by atoms with E-state index >= 15 is 0 Å². The number of aryl methyl sites for hydroxylation is 2. The average molecular weight is 241 g/mol. The molecule has 0 aliphatic carbocycles. The second-order valence-corrected chi connectivity index (χ2v) is 4.55. The molecule has 0 radical (unpaired) electrons. The molecule has 94 valence electrons. The summed E-state index contributed by atoms with van der Waals surface area (Å²) in [6.45, 7) is 5.02. The third-order valence-electron chi connectivity index (χ3n) is 2.84. The standard InChI is InChI=1S/C16H19NO/c1-12-5-4-6-15(9-12)18-16-8-7-14(11-17-3)10-13(16)2/h4-10,17H,11H2,1-3H3. The van der Waals surface area contributed by atoms with E-state index in [4.69, 9.17) is 4.74 Å². The van der Waals surface area contributed by atoms with Crippen molar-refractivity contribution in [3.63, 3.8) is 0 Å². The quantitative estimate of drug-likeness (QED) is 0.878. The lowest BCUT2D eigenvalue weighted by Gasteiger charge is -2.10. The summed E-state index contributed by atoms with van der Waals surface area (Å²) in [4.78, 5) is 0. The molecule has 0 bridgehead atoms. The number of nitrogens with one attached hydrogen (secondary N) is 1. The zero-order valence-corrected chi connectivity index (χ0v) is 11.2. The van der Waals surface area contributed by atoms with Gasteiger partial charge in [-0.15, -0.1) is 0 Å². The van der Waals surface area contributed by atoms with Crippen molar-refractivity contribution in [2.24, 2.45) is 0 Å². The molecule has 0 aliphatic rings. The van der Waals surface area contributed by atoms with E-state index in [0.717, 1.165) is 23.6 Å². The normalized spacial score (nSPS) is 10.4. The minimum Gasteiger partial charge on any atom is -0.457 e. The van der Waals surface area contributed by atoms with E-state index in [-0.39, 0.29) is 0 Å². The topological polar surface area (TPSA) is 21.3 Å². The van der Waals surface area contributed by atoms with Crippen molar-refractivity contribution in [3.05, 3.63) is 59.2 Å². The van der Waals surface area contributed by atoms with Crippen LogP contribution in [-0.2, 0) is 6.54 Å². The second kappa shape index (κ2) is 5.69. The van der Waals surface area contributed by atoms with Crippen molar-refractivity contribution < 1.29 is 4.74 Å². The smallest absolute Gasteiger partial charge is 0.130 e. The number of hydrogen-bond donors (Lipinski definition) is 1. The summed E-state index contributed by atoms with van der Waals surface area (Å²) in [7, 11) is 1.95. The van der Waals surface area contributed by atoms with Crippen LogP contribution >= 0.6 is 0 Å². The van der Waals surface area contributed by atoms with Gasteiger partial charge in [0.05, 0.1) is 0 Å². The molecule has 0 aliphatic heterocycles. The molecule has 0 unspecified atom stereocenters. The van der Waals surface area contributed by atoms with Gasteiger partial charge < -0.3 is 10.1 Å². The van der Waals surface area contributed by atoms with Crippen LogP contribution in [0.3, 0.4) is 0 Å². The highest BCUT2D eigenvalue weighted by Crippen LogP contribution is 2.26. The van der Waals surface area contributed by atoms with Gasteiger partial charge in [-0.3, -0.25) is 0 Å². The van der Waals surface area contributed by atoms with Gasteiger partial charge in [-0.25, -0.2) is 0 Å². The maximum Gasteiger partial charge on any atom is 0.130 e. The minimum absolute atomic E-state index is 0.881. The van der Waals surface area contributed by atoms with Crippen LogP contribution in [0.15, 0.2) is 42.5 Å². The first kappa shape index (κ1) is 12.7. The molecule has 2 aromatic rings. The Labute approximate surface area is 109 Å². The molecule has 0 fully saturated rings. The summed E-state index contributed by atoms with van der Waals surface area (Å²) in [5.41, 5.74) is 3.63. The molecule has 18 heavy (non-hydrogen) atoms. The van der Waals surface area contributed by atoms with Crippen LogP contribution in [0.25, 0.3) is 0 Å². The molecule has 1 N–H and O–H groups in total. The second-order valence-electron chi connectivity index (χ2n) is 4.55. The number of rotatable bonds is 4.